The zero-order chi connectivity index (χ0) is 9.26. The molecule has 0 saturated carbocycles. The Balaban J connectivity index is 2.39. The largest absolute Gasteiger partial charge is 0.440 e. The summed E-state index contributed by atoms with van der Waals surface area (Å²) in [6.07, 6.45) is 0. The van der Waals surface area contributed by atoms with Gasteiger partial charge in [0.25, 0.3) is 0 Å². The van der Waals surface area contributed by atoms with E-state index in [1.54, 1.807) is 0 Å². The van der Waals surface area contributed by atoms with Crippen molar-refractivity contribution in [1.82, 2.24) is 0 Å². The van der Waals surface area contributed by atoms with Crippen molar-refractivity contribution in [1.29, 1.82) is 5.26 Å². The number of hydrogen-bond donors (Lipinski definition) is 1. The lowest BCUT2D eigenvalue weighted by Crippen LogP contribution is -2.01. The number of anilines is 1. The first-order valence-electron chi connectivity index (χ1n) is 3.75. The highest BCUT2D eigenvalue weighted by molar-refractivity contribution is 6.24. The molecule has 0 unspecified atom stereocenters. The molecular weight excluding hydrogens is 179 g/mol. The summed E-state index contributed by atoms with van der Waals surface area (Å²) in [6.45, 7) is 0. The molecule has 0 saturated heterocycles. The molecule has 0 amide bonds. The molecule has 13 heavy (non-hydrogen) atoms. The van der Waals surface area contributed by atoms with Gasteiger partial charge < -0.3 is 10.1 Å². The zero-order valence-corrected chi connectivity index (χ0v) is 7.90. The molecule has 0 fully saturated rings. The summed E-state index contributed by atoms with van der Waals surface area (Å²) >= 11 is 2.33. The Morgan fingerprint density at radius 2 is 2.23 bits per heavy atom. The standard InChI is InChI=1S/C9H5N2O.Al/c10-6-5-9-11-7-3-1-2-4-8(7)12-9;/h1-4,11H;. The van der Waals surface area contributed by atoms with E-state index >= 15 is 0 Å². The maximum Gasteiger partial charge on any atom is 0.204 e. The van der Waals surface area contributed by atoms with Crippen LogP contribution < -0.4 is 10.1 Å². The fourth-order valence-electron chi connectivity index (χ4n) is 1.09. The summed E-state index contributed by atoms with van der Waals surface area (Å²) in [5, 5.41) is 11.6. The Bertz CT molecular complexity index is 393. The van der Waals surface area contributed by atoms with Gasteiger partial charge in [-0.1, -0.05) is 12.1 Å². The molecule has 0 bridgehead atoms. The maximum atomic E-state index is 8.63. The lowest BCUT2D eigenvalue weighted by atomic mass is 10.3. The summed E-state index contributed by atoms with van der Waals surface area (Å²) < 4.78 is 5.85. The smallest absolute Gasteiger partial charge is 0.204 e. The predicted molar refractivity (Wildman–Crippen MR) is 49.1 cm³/mol. The van der Waals surface area contributed by atoms with Crippen molar-refractivity contribution in [2.45, 2.75) is 0 Å². The molecule has 1 aliphatic heterocycles. The molecular formula is C9H5AlN2O. The number of ether oxygens (including phenoxy) is 1. The van der Waals surface area contributed by atoms with Gasteiger partial charge in [-0.05, 0) is 16.6 Å². The average molecular weight is 184 g/mol. The second-order valence-corrected chi connectivity index (χ2v) is 3.16. The first-order chi connectivity index (χ1) is 6.31. The van der Waals surface area contributed by atoms with Gasteiger partial charge in [-0.2, -0.15) is 5.26 Å². The molecule has 1 aliphatic rings. The number of para-hydroxylation sites is 2. The van der Waals surface area contributed by atoms with Crippen molar-refractivity contribution in [3.05, 3.63) is 34.6 Å². The number of benzene rings is 1. The van der Waals surface area contributed by atoms with Gasteiger partial charge in [0.15, 0.2) is 11.6 Å². The van der Waals surface area contributed by atoms with Crippen LogP contribution in [0.3, 0.4) is 0 Å². The third kappa shape index (κ3) is 1.40. The molecule has 1 heterocycles. The first-order valence-corrected chi connectivity index (χ1v) is 4.33. The lowest BCUT2D eigenvalue weighted by Gasteiger charge is -1.98. The Hall–Kier alpha value is -1.42. The van der Waals surface area contributed by atoms with Crippen molar-refractivity contribution in [3.8, 4) is 11.8 Å². The van der Waals surface area contributed by atoms with Gasteiger partial charge in [0.05, 0.1) is 11.8 Å². The minimum atomic E-state index is 0.469. The average Bonchev–Trinajstić information content (AvgIpc) is 2.59. The molecule has 3 nitrogen and oxygen atoms in total. The van der Waals surface area contributed by atoms with Crippen LogP contribution in [0.1, 0.15) is 0 Å². The highest BCUT2D eigenvalue weighted by atomic mass is 27.0. The van der Waals surface area contributed by atoms with Crippen LogP contribution in [0.5, 0.6) is 5.75 Å². The zero-order valence-electron chi connectivity index (χ0n) is 6.74. The Labute approximate surface area is 84.0 Å². The first kappa shape index (κ1) is 8.19. The lowest BCUT2D eigenvalue weighted by molar-refractivity contribution is 0.456. The highest BCUT2D eigenvalue weighted by Crippen LogP contribution is 2.33. The van der Waals surface area contributed by atoms with Crippen LogP contribution in [0.4, 0.5) is 5.69 Å². The molecule has 2 rings (SSSR count). The van der Waals surface area contributed by atoms with Crippen LogP contribution in [-0.4, -0.2) is 16.3 Å². The predicted octanol–water partition coefficient (Wildman–Crippen LogP) is 1.35. The second-order valence-electron chi connectivity index (χ2n) is 2.58. The third-order valence-corrected chi connectivity index (χ3v) is 2.10. The van der Waals surface area contributed by atoms with Gasteiger partial charge >= 0.3 is 0 Å². The molecule has 0 aliphatic carbocycles. The highest BCUT2D eigenvalue weighted by Gasteiger charge is 2.16. The minimum Gasteiger partial charge on any atom is -0.440 e. The summed E-state index contributed by atoms with van der Waals surface area (Å²) in [6, 6.07) is 9.55. The monoisotopic (exact) mass is 184 g/mol. The van der Waals surface area contributed by atoms with Crippen LogP contribution in [0, 0.1) is 11.3 Å². The molecule has 2 radical (unpaired) electrons. The summed E-state index contributed by atoms with van der Waals surface area (Å²) in [5.74, 6) is 1.25. The SMILES string of the molecule is N#C/[C]([Al])=C1\Nc2ccccc2O1. The van der Waals surface area contributed by atoms with Crippen LogP contribution >= 0.6 is 0 Å². The van der Waals surface area contributed by atoms with Gasteiger partial charge in [0.1, 0.15) is 0 Å². The summed E-state index contributed by atoms with van der Waals surface area (Å²) in [4.78, 5) is 0. The molecule has 60 valence electrons. The van der Waals surface area contributed by atoms with Crippen molar-refractivity contribution < 1.29 is 4.74 Å². The normalized spacial score (nSPS) is 16.5. The maximum absolute atomic E-state index is 8.63. The van der Waals surface area contributed by atoms with E-state index in [0.717, 1.165) is 11.4 Å². The number of allylic oxidation sites excluding steroid dienone is 1. The van der Waals surface area contributed by atoms with E-state index in [2.05, 4.69) is 21.6 Å². The summed E-state index contributed by atoms with van der Waals surface area (Å²) in [5.41, 5.74) is 0.896. The van der Waals surface area contributed by atoms with Crippen molar-refractivity contribution in [3.63, 3.8) is 0 Å². The van der Waals surface area contributed by atoms with Gasteiger partial charge in [0.2, 0.25) is 16.3 Å². The second kappa shape index (κ2) is 3.14. The van der Waals surface area contributed by atoms with Crippen LogP contribution in [0.2, 0.25) is 0 Å². The van der Waals surface area contributed by atoms with Gasteiger partial charge in [-0.15, -0.1) is 0 Å². The van der Waals surface area contributed by atoms with E-state index < -0.39 is 0 Å². The Kier molecular flexibility index (Phi) is 1.98. The Morgan fingerprint density at radius 1 is 1.46 bits per heavy atom. The molecule has 4 heteroatoms. The van der Waals surface area contributed by atoms with Gasteiger partial charge in [-0.25, -0.2) is 0 Å². The van der Waals surface area contributed by atoms with Crippen molar-refractivity contribution in [2.24, 2.45) is 0 Å². The van der Waals surface area contributed by atoms with Crippen molar-refractivity contribution in [2.75, 3.05) is 5.32 Å². The number of nitriles is 1. The topological polar surface area (TPSA) is 45.0 Å². The number of hydrogen-bond acceptors (Lipinski definition) is 3. The minimum absolute atomic E-state index is 0.469. The fraction of sp³-hybridized carbons (Fsp3) is 0. The van der Waals surface area contributed by atoms with Crippen LogP contribution in [0.15, 0.2) is 34.6 Å². The summed E-state index contributed by atoms with van der Waals surface area (Å²) in [7, 11) is 0. The van der Waals surface area contributed by atoms with E-state index in [-0.39, 0.29) is 0 Å². The van der Waals surface area contributed by atoms with Crippen LogP contribution in [-0.2, 0) is 0 Å². The van der Waals surface area contributed by atoms with Crippen molar-refractivity contribution >= 4 is 22.0 Å². The molecule has 0 spiro atoms. The van der Waals surface area contributed by atoms with E-state index in [9.17, 15) is 0 Å². The molecule has 1 aromatic carbocycles. The van der Waals surface area contributed by atoms with E-state index in [4.69, 9.17) is 10.00 Å². The molecule has 1 aromatic rings. The fourth-order valence-corrected chi connectivity index (χ4v) is 1.22. The van der Waals surface area contributed by atoms with E-state index in [0.29, 0.717) is 10.3 Å². The van der Waals surface area contributed by atoms with E-state index in [1.165, 1.54) is 0 Å². The number of nitrogens with zero attached hydrogens (tertiary/aromatic N) is 1. The third-order valence-electron chi connectivity index (χ3n) is 1.71. The van der Waals surface area contributed by atoms with Gasteiger partial charge in [-0.3, -0.25) is 0 Å². The molecule has 0 atom stereocenters. The molecule has 1 N–H and O–H groups in total. The number of rotatable bonds is 0. The quantitative estimate of drug-likeness (QED) is 0.489. The van der Waals surface area contributed by atoms with Gasteiger partial charge in [0, 0.05) is 0 Å². The van der Waals surface area contributed by atoms with Crippen LogP contribution in [0.25, 0.3) is 0 Å². The Morgan fingerprint density at radius 3 is 2.92 bits per heavy atom. The molecule has 0 aromatic heterocycles. The van der Waals surface area contributed by atoms with E-state index in [1.807, 2.05) is 30.3 Å². The number of fused-ring (bicyclic) bond motifs is 1. The number of nitrogens with one attached hydrogen (secondary N) is 1.